The van der Waals surface area contributed by atoms with Crippen LogP contribution in [0, 0.1) is 6.92 Å². The molecule has 35 heavy (non-hydrogen) atoms. The van der Waals surface area contributed by atoms with Crippen LogP contribution in [0.3, 0.4) is 0 Å². The van der Waals surface area contributed by atoms with E-state index in [1.807, 2.05) is 30.0 Å². The van der Waals surface area contributed by atoms with Crippen molar-refractivity contribution in [2.45, 2.75) is 33.2 Å². The van der Waals surface area contributed by atoms with Crippen molar-refractivity contribution in [2.24, 2.45) is 0 Å². The van der Waals surface area contributed by atoms with Gasteiger partial charge in [0.25, 0.3) is 0 Å². The Morgan fingerprint density at radius 2 is 1.71 bits per heavy atom. The summed E-state index contributed by atoms with van der Waals surface area (Å²) in [6.07, 6.45) is 1.33. The molecule has 0 aliphatic rings. The highest BCUT2D eigenvalue weighted by molar-refractivity contribution is 7.11. The standard InChI is InChI=1S/C26H39N3O5S/c1-7-34-16-8-14-29(26(31)27(3)4)19-25(30)28(18-22-11-9-20(2)35-22)15-13-21-10-12-23(32-5)24(17-21)33-6/h9-12,17H,7-8,13-16,18-19H2,1-6H3. The molecule has 0 fully saturated rings. The molecule has 3 amide bonds. The average molecular weight is 506 g/mol. The first-order valence-electron chi connectivity index (χ1n) is 11.9. The van der Waals surface area contributed by atoms with Gasteiger partial charge >= 0.3 is 6.03 Å². The Morgan fingerprint density at radius 1 is 0.971 bits per heavy atom. The molecule has 0 aliphatic heterocycles. The summed E-state index contributed by atoms with van der Waals surface area (Å²) < 4.78 is 16.2. The van der Waals surface area contributed by atoms with Gasteiger partial charge in [-0.15, -0.1) is 11.3 Å². The lowest BCUT2D eigenvalue weighted by atomic mass is 10.1. The van der Waals surface area contributed by atoms with Crippen molar-refractivity contribution in [3.63, 3.8) is 0 Å². The molecule has 1 aromatic heterocycles. The van der Waals surface area contributed by atoms with Crippen molar-refractivity contribution in [2.75, 3.05) is 61.2 Å². The van der Waals surface area contributed by atoms with Gasteiger partial charge in [-0.1, -0.05) is 6.07 Å². The highest BCUT2D eigenvalue weighted by Gasteiger charge is 2.23. The number of methoxy groups -OCH3 is 2. The van der Waals surface area contributed by atoms with Crippen molar-refractivity contribution in [3.05, 3.63) is 45.6 Å². The van der Waals surface area contributed by atoms with Gasteiger partial charge < -0.3 is 28.9 Å². The van der Waals surface area contributed by atoms with E-state index in [9.17, 15) is 9.59 Å². The molecule has 8 nitrogen and oxygen atoms in total. The Bertz CT molecular complexity index is 947. The number of aryl methyl sites for hydroxylation is 1. The minimum atomic E-state index is -0.179. The van der Waals surface area contributed by atoms with Gasteiger partial charge in [0.05, 0.1) is 20.8 Å². The minimum absolute atomic E-state index is 0.0272. The van der Waals surface area contributed by atoms with E-state index in [-0.39, 0.29) is 18.5 Å². The van der Waals surface area contributed by atoms with E-state index in [2.05, 4.69) is 19.1 Å². The molecule has 0 saturated heterocycles. The quantitative estimate of drug-likeness (QED) is 0.362. The average Bonchev–Trinajstić information content (AvgIpc) is 3.27. The van der Waals surface area contributed by atoms with Gasteiger partial charge in [0, 0.05) is 50.2 Å². The monoisotopic (exact) mass is 505 g/mol. The summed E-state index contributed by atoms with van der Waals surface area (Å²) in [4.78, 5) is 33.5. The van der Waals surface area contributed by atoms with Crippen LogP contribution in [-0.2, 0) is 22.5 Å². The Balaban J connectivity index is 2.16. The summed E-state index contributed by atoms with van der Waals surface area (Å²) >= 11 is 1.68. The molecular weight excluding hydrogens is 466 g/mol. The van der Waals surface area contributed by atoms with E-state index in [1.54, 1.807) is 44.6 Å². The van der Waals surface area contributed by atoms with Gasteiger partial charge in [0.2, 0.25) is 5.91 Å². The van der Waals surface area contributed by atoms with Gasteiger partial charge in [-0.05, 0) is 56.5 Å². The Hall–Kier alpha value is -2.78. The van der Waals surface area contributed by atoms with Crippen LogP contribution in [0.1, 0.15) is 28.7 Å². The minimum Gasteiger partial charge on any atom is -0.493 e. The molecule has 9 heteroatoms. The summed E-state index contributed by atoms with van der Waals surface area (Å²) in [5.41, 5.74) is 1.04. The zero-order chi connectivity index (χ0) is 25.8. The number of hydrogen-bond acceptors (Lipinski definition) is 6. The highest BCUT2D eigenvalue weighted by Crippen LogP contribution is 2.28. The molecule has 0 aliphatic carbocycles. The molecule has 0 unspecified atom stereocenters. The first kappa shape index (κ1) is 28.5. The molecule has 1 aromatic carbocycles. The van der Waals surface area contributed by atoms with Crippen LogP contribution >= 0.6 is 11.3 Å². The summed E-state index contributed by atoms with van der Waals surface area (Å²) in [6.45, 7) is 6.70. The van der Waals surface area contributed by atoms with Crippen LogP contribution in [0.25, 0.3) is 0 Å². The number of ether oxygens (including phenoxy) is 3. The van der Waals surface area contributed by atoms with E-state index in [4.69, 9.17) is 14.2 Å². The fourth-order valence-electron chi connectivity index (χ4n) is 3.64. The SMILES string of the molecule is CCOCCCN(CC(=O)N(CCc1ccc(OC)c(OC)c1)Cc1ccc(C)s1)C(=O)N(C)C. The predicted octanol–water partition coefficient (Wildman–Crippen LogP) is 4.06. The molecule has 2 aromatic rings. The maximum atomic E-state index is 13.5. The fourth-order valence-corrected chi connectivity index (χ4v) is 4.55. The normalized spacial score (nSPS) is 10.7. The molecule has 0 N–H and O–H groups in total. The molecule has 194 valence electrons. The van der Waals surface area contributed by atoms with E-state index < -0.39 is 0 Å². The zero-order valence-electron chi connectivity index (χ0n) is 21.8. The van der Waals surface area contributed by atoms with Crippen LogP contribution < -0.4 is 9.47 Å². The third kappa shape index (κ3) is 9.07. The molecule has 0 saturated carbocycles. The fraction of sp³-hybridized carbons (Fsp3) is 0.538. The van der Waals surface area contributed by atoms with Crippen molar-refractivity contribution in [1.29, 1.82) is 0 Å². The zero-order valence-corrected chi connectivity index (χ0v) is 22.7. The van der Waals surface area contributed by atoms with Gasteiger partial charge in [-0.2, -0.15) is 0 Å². The first-order chi connectivity index (χ1) is 16.8. The van der Waals surface area contributed by atoms with Crippen LogP contribution in [0.15, 0.2) is 30.3 Å². The largest absolute Gasteiger partial charge is 0.493 e. The Morgan fingerprint density at radius 3 is 2.31 bits per heavy atom. The number of nitrogens with zero attached hydrogens (tertiary/aromatic N) is 3. The van der Waals surface area contributed by atoms with Crippen molar-refractivity contribution >= 4 is 23.3 Å². The van der Waals surface area contributed by atoms with E-state index in [0.717, 1.165) is 10.4 Å². The number of rotatable bonds is 14. The summed E-state index contributed by atoms with van der Waals surface area (Å²) in [6, 6.07) is 9.73. The number of thiophene rings is 1. The molecule has 0 radical (unpaired) electrons. The van der Waals surface area contributed by atoms with E-state index >= 15 is 0 Å². The van der Waals surface area contributed by atoms with Gasteiger partial charge in [0.15, 0.2) is 11.5 Å². The lowest BCUT2D eigenvalue weighted by Crippen LogP contribution is -2.47. The van der Waals surface area contributed by atoms with Crippen molar-refractivity contribution < 1.29 is 23.8 Å². The second-order valence-electron chi connectivity index (χ2n) is 8.42. The number of urea groups is 1. The predicted molar refractivity (Wildman–Crippen MR) is 139 cm³/mol. The first-order valence-corrected chi connectivity index (χ1v) is 12.7. The smallest absolute Gasteiger partial charge is 0.319 e. The second-order valence-corrected chi connectivity index (χ2v) is 9.79. The molecule has 0 atom stereocenters. The lowest BCUT2D eigenvalue weighted by Gasteiger charge is -2.29. The molecule has 2 rings (SSSR count). The maximum Gasteiger partial charge on any atom is 0.319 e. The van der Waals surface area contributed by atoms with Crippen LogP contribution in [0.2, 0.25) is 0 Å². The molecule has 1 heterocycles. The number of benzene rings is 1. The van der Waals surface area contributed by atoms with Crippen molar-refractivity contribution in [1.82, 2.24) is 14.7 Å². The highest BCUT2D eigenvalue weighted by atomic mass is 32.1. The lowest BCUT2D eigenvalue weighted by molar-refractivity contribution is -0.132. The topological polar surface area (TPSA) is 71.5 Å². The summed E-state index contributed by atoms with van der Waals surface area (Å²) in [5.74, 6) is 1.25. The summed E-state index contributed by atoms with van der Waals surface area (Å²) in [5, 5.41) is 0. The van der Waals surface area contributed by atoms with Crippen LogP contribution in [0.5, 0.6) is 11.5 Å². The van der Waals surface area contributed by atoms with Gasteiger partial charge in [-0.3, -0.25) is 4.79 Å². The van der Waals surface area contributed by atoms with Crippen molar-refractivity contribution in [3.8, 4) is 11.5 Å². The summed E-state index contributed by atoms with van der Waals surface area (Å²) in [7, 11) is 6.62. The van der Waals surface area contributed by atoms with Crippen LogP contribution in [-0.4, -0.2) is 87.8 Å². The third-order valence-corrected chi connectivity index (χ3v) is 6.50. The third-order valence-electron chi connectivity index (χ3n) is 5.51. The Kier molecular flexibility index (Phi) is 11.9. The second kappa shape index (κ2) is 14.6. The maximum absolute atomic E-state index is 13.5. The number of carbonyl (C=O) groups excluding carboxylic acids is 2. The molecule has 0 bridgehead atoms. The Labute approximate surface area is 213 Å². The van der Waals surface area contributed by atoms with Gasteiger partial charge in [-0.25, -0.2) is 4.79 Å². The number of hydrogen-bond donors (Lipinski definition) is 0. The number of carbonyl (C=O) groups is 2. The van der Waals surface area contributed by atoms with Gasteiger partial charge in [0.1, 0.15) is 6.54 Å². The van der Waals surface area contributed by atoms with E-state index in [0.29, 0.717) is 57.2 Å². The molecule has 0 spiro atoms. The number of amides is 3. The molecular formula is C26H39N3O5S. The van der Waals surface area contributed by atoms with Crippen LogP contribution in [0.4, 0.5) is 4.79 Å². The van der Waals surface area contributed by atoms with E-state index in [1.165, 1.54) is 9.78 Å².